The van der Waals surface area contributed by atoms with Crippen molar-refractivity contribution in [3.8, 4) is 5.75 Å². The molecule has 1 aromatic carbocycles. The lowest BCUT2D eigenvalue weighted by atomic mass is 10.0. The second-order valence-corrected chi connectivity index (χ2v) is 5.85. The van der Waals surface area contributed by atoms with E-state index in [1.807, 2.05) is 41.8 Å². The average molecular weight is 339 g/mol. The maximum Gasteiger partial charge on any atom is 0.251 e. The second kappa shape index (κ2) is 7.36. The average Bonchev–Trinajstić information content (AvgIpc) is 3.02. The summed E-state index contributed by atoms with van der Waals surface area (Å²) in [5.74, 6) is 0.551. The van der Waals surface area contributed by atoms with E-state index in [0.29, 0.717) is 12.0 Å². The first-order chi connectivity index (χ1) is 12.1. The number of carbonyl (C=O) groups excluding carboxylic acids is 1. The maximum absolute atomic E-state index is 12.6. The van der Waals surface area contributed by atoms with Gasteiger partial charge in [0, 0.05) is 30.3 Å². The molecule has 6 nitrogen and oxygen atoms in total. The highest BCUT2D eigenvalue weighted by Gasteiger charge is 2.16. The summed E-state index contributed by atoms with van der Waals surface area (Å²) >= 11 is 0. The summed E-state index contributed by atoms with van der Waals surface area (Å²) in [7, 11) is 1.61. The second-order valence-electron chi connectivity index (χ2n) is 5.85. The molecule has 0 aliphatic heterocycles. The van der Waals surface area contributed by atoms with Crippen LogP contribution < -0.4 is 10.1 Å². The Morgan fingerprint density at radius 3 is 2.76 bits per heavy atom. The quantitative estimate of drug-likeness (QED) is 0.723. The number of pyridine rings is 1. The fourth-order valence-electron chi connectivity index (χ4n) is 2.78. The molecule has 0 aliphatic carbocycles. The van der Waals surface area contributed by atoms with E-state index in [-0.39, 0.29) is 18.6 Å². The van der Waals surface area contributed by atoms with Crippen molar-refractivity contribution in [1.29, 1.82) is 0 Å². The van der Waals surface area contributed by atoms with Crippen molar-refractivity contribution in [2.45, 2.75) is 19.4 Å². The van der Waals surface area contributed by atoms with E-state index in [2.05, 4.69) is 10.3 Å². The lowest BCUT2D eigenvalue weighted by Crippen LogP contribution is -2.29. The zero-order chi connectivity index (χ0) is 17.8. The number of aliphatic hydroxyl groups is 1. The predicted molar refractivity (Wildman–Crippen MR) is 94.8 cm³/mol. The number of amides is 1. The molecule has 1 atom stereocenters. The number of fused-ring (bicyclic) bond motifs is 1. The zero-order valence-electron chi connectivity index (χ0n) is 14.3. The highest BCUT2D eigenvalue weighted by Crippen LogP contribution is 2.21. The van der Waals surface area contributed by atoms with Gasteiger partial charge in [-0.1, -0.05) is 12.1 Å². The SMILES string of the molecule is COc1ccc(C(CCO)NC(=O)c2ccn3c(C)cnc3c2)cc1. The van der Waals surface area contributed by atoms with E-state index in [0.717, 1.165) is 22.7 Å². The van der Waals surface area contributed by atoms with Crippen molar-refractivity contribution in [1.82, 2.24) is 14.7 Å². The van der Waals surface area contributed by atoms with Gasteiger partial charge in [0.2, 0.25) is 0 Å². The normalized spacial score (nSPS) is 12.1. The van der Waals surface area contributed by atoms with E-state index >= 15 is 0 Å². The number of aliphatic hydroxyl groups excluding tert-OH is 1. The number of ether oxygens (including phenoxy) is 1. The number of hydrogen-bond acceptors (Lipinski definition) is 4. The van der Waals surface area contributed by atoms with Gasteiger partial charge in [0.05, 0.1) is 13.2 Å². The summed E-state index contributed by atoms with van der Waals surface area (Å²) in [4.78, 5) is 16.9. The highest BCUT2D eigenvalue weighted by atomic mass is 16.5. The van der Waals surface area contributed by atoms with E-state index in [4.69, 9.17) is 4.74 Å². The minimum Gasteiger partial charge on any atom is -0.497 e. The van der Waals surface area contributed by atoms with Gasteiger partial charge < -0.3 is 19.6 Å². The Bertz CT molecular complexity index is 871. The summed E-state index contributed by atoms with van der Waals surface area (Å²) in [5.41, 5.74) is 3.20. The van der Waals surface area contributed by atoms with Crippen molar-refractivity contribution in [2.24, 2.45) is 0 Å². The maximum atomic E-state index is 12.6. The van der Waals surface area contributed by atoms with Gasteiger partial charge in [-0.05, 0) is 43.2 Å². The minimum atomic E-state index is -0.277. The molecule has 0 radical (unpaired) electrons. The lowest BCUT2D eigenvalue weighted by molar-refractivity contribution is 0.0930. The predicted octanol–water partition coefficient (Wildman–Crippen LogP) is 2.50. The monoisotopic (exact) mass is 339 g/mol. The van der Waals surface area contributed by atoms with E-state index in [9.17, 15) is 9.90 Å². The first kappa shape index (κ1) is 17.0. The van der Waals surface area contributed by atoms with Crippen LogP contribution in [-0.4, -0.2) is 34.1 Å². The molecule has 3 rings (SSSR count). The topological polar surface area (TPSA) is 75.9 Å². The van der Waals surface area contributed by atoms with Crippen molar-refractivity contribution in [2.75, 3.05) is 13.7 Å². The third kappa shape index (κ3) is 3.64. The number of nitrogens with zero attached hydrogens (tertiary/aromatic N) is 2. The number of carbonyl (C=O) groups is 1. The van der Waals surface area contributed by atoms with Crippen LogP contribution in [0.25, 0.3) is 5.65 Å². The van der Waals surface area contributed by atoms with Crippen molar-refractivity contribution < 1.29 is 14.6 Å². The smallest absolute Gasteiger partial charge is 0.251 e. The molecule has 0 saturated carbocycles. The highest BCUT2D eigenvalue weighted by molar-refractivity contribution is 5.95. The van der Waals surface area contributed by atoms with Crippen LogP contribution in [0.2, 0.25) is 0 Å². The number of rotatable bonds is 6. The third-order valence-electron chi connectivity index (χ3n) is 4.20. The number of aryl methyl sites for hydroxylation is 1. The Morgan fingerprint density at radius 1 is 1.32 bits per heavy atom. The minimum absolute atomic E-state index is 0.0184. The largest absolute Gasteiger partial charge is 0.497 e. The van der Waals surface area contributed by atoms with Crippen molar-refractivity contribution in [3.05, 3.63) is 65.6 Å². The molecule has 3 aromatic rings. The van der Waals surface area contributed by atoms with Crippen molar-refractivity contribution >= 4 is 11.6 Å². The molecule has 2 heterocycles. The first-order valence-electron chi connectivity index (χ1n) is 8.11. The van der Waals surface area contributed by atoms with E-state index < -0.39 is 0 Å². The number of hydrogen-bond donors (Lipinski definition) is 2. The number of methoxy groups -OCH3 is 1. The van der Waals surface area contributed by atoms with Gasteiger partial charge in [0.15, 0.2) is 0 Å². The number of aromatic nitrogens is 2. The van der Waals surface area contributed by atoms with Gasteiger partial charge in [-0.3, -0.25) is 4.79 Å². The van der Waals surface area contributed by atoms with Crippen LogP contribution in [0.15, 0.2) is 48.8 Å². The van der Waals surface area contributed by atoms with Crippen LogP contribution >= 0.6 is 0 Å². The fraction of sp³-hybridized carbons (Fsp3) is 0.263. The van der Waals surface area contributed by atoms with Crippen LogP contribution in [0.4, 0.5) is 0 Å². The fourth-order valence-corrected chi connectivity index (χ4v) is 2.78. The molecule has 6 heteroatoms. The van der Waals surface area contributed by atoms with Crippen LogP contribution in [-0.2, 0) is 0 Å². The standard InChI is InChI=1S/C19H21N3O3/c1-13-12-20-18-11-15(7-9-22(13)18)19(24)21-17(8-10-23)14-3-5-16(25-2)6-4-14/h3-7,9,11-12,17,23H,8,10H2,1-2H3,(H,21,24). The summed E-state index contributed by atoms with van der Waals surface area (Å²) in [6.45, 7) is 1.94. The Hall–Kier alpha value is -2.86. The third-order valence-corrected chi connectivity index (χ3v) is 4.20. The Balaban J connectivity index is 1.80. The summed E-state index contributed by atoms with van der Waals surface area (Å²) in [6.07, 6.45) is 4.03. The van der Waals surface area contributed by atoms with Gasteiger partial charge in [0.25, 0.3) is 5.91 Å². The van der Waals surface area contributed by atoms with Gasteiger partial charge in [-0.15, -0.1) is 0 Å². The van der Waals surface area contributed by atoms with Crippen LogP contribution in [0.1, 0.15) is 34.1 Å². The molecule has 130 valence electrons. The molecule has 25 heavy (non-hydrogen) atoms. The Kier molecular flexibility index (Phi) is 5.00. The molecule has 0 saturated heterocycles. The van der Waals surface area contributed by atoms with Gasteiger partial charge in [-0.2, -0.15) is 0 Å². The van der Waals surface area contributed by atoms with Crippen LogP contribution in [0, 0.1) is 6.92 Å². The van der Waals surface area contributed by atoms with Gasteiger partial charge in [-0.25, -0.2) is 4.98 Å². The summed E-state index contributed by atoms with van der Waals surface area (Å²) < 4.78 is 7.08. The van der Waals surface area contributed by atoms with E-state index in [1.165, 1.54) is 0 Å². The van der Waals surface area contributed by atoms with Gasteiger partial charge in [0.1, 0.15) is 11.4 Å². The number of benzene rings is 1. The van der Waals surface area contributed by atoms with E-state index in [1.54, 1.807) is 25.4 Å². The molecular formula is C19H21N3O3. The van der Waals surface area contributed by atoms with Crippen LogP contribution in [0.5, 0.6) is 5.75 Å². The molecule has 0 fully saturated rings. The Labute approximate surface area is 146 Å². The number of nitrogens with one attached hydrogen (secondary N) is 1. The molecule has 0 spiro atoms. The molecule has 0 aliphatic rings. The van der Waals surface area contributed by atoms with Crippen molar-refractivity contribution in [3.63, 3.8) is 0 Å². The molecule has 2 N–H and O–H groups in total. The summed E-state index contributed by atoms with van der Waals surface area (Å²) in [5, 5.41) is 12.3. The Morgan fingerprint density at radius 2 is 2.08 bits per heavy atom. The summed E-state index contributed by atoms with van der Waals surface area (Å²) in [6, 6.07) is 10.7. The molecule has 0 bridgehead atoms. The van der Waals surface area contributed by atoms with Crippen LogP contribution in [0.3, 0.4) is 0 Å². The molecular weight excluding hydrogens is 318 g/mol. The lowest BCUT2D eigenvalue weighted by Gasteiger charge is -2.19. The molecule has 1 amide bonds. The van der Waals surface area contributed by atoms with Gasteiger partial charge >= 0.3 is 0 Å². The number of imidazole rings is 1. The zero-order valence-corrected chi connectivity index (χ0v) is 14.3. The molecule has 1 unspecified atom stereocenters. The first-order valence-corrected chi connectivity index (χ1v) is 8.11. The molecule has 2 aromatic heterocycles.